The van der Waals surface area contributed by atoms with Gasteiger partial charge in [0.2, 0.25) is 0 Å². The van der Waals surface area contributed by atoms with Gasteiger partial charge in [0.05, 0.1) is 11.4 Å². The minimum Gasteiger partial charge on any atom is -0.444 e. The summed E-state index contributed by atoms with van der Waals surface area (Å²) < 4.78 is 7.80. The molecule has 2 aromatic heterocycles. The van der Waals surface area contributed by atoms with E-state index in [0.29, 0.717) is 47.4 Å². The topological polar surface area (TPSA) is 96.6 Å². The number of hydrogen-bond donors (Lipinski definition) is 2. The van der Waals surface area contributed by atoms with Crippen molar-refractivity contribution in [1.82, 2.24) is 9.88 Å². The van der Waals surface area contributed by atoms with Crippen LogP contribution in [-0.2, 0) is 6.54 Å². The second-order valence-corrected chi connectivity index (χ2v) is 10.8. The highest BCUT2D eigenvalue weighted by atomic mass is 79.9. The monoisotopic (exact) mass is 552 g/mol. The summed E-state index contributed by atoms with van der Waals surface area (Å²) in [5.74, 6) is 0.449. The van der Waals surface area contributed by atoms with Gasteiger partial charge in [0.1, 0.15) is 0 Å². The molecule has 0 unspecified atom stereocenters. The molecular weight excluding hydrogens is 524 g/mol. The van der Waals surface area contributed by atoms with Gasteiger partial charge < -0.3 is 24.5 Å². The van der Waals surface area contributed by atoms with Crippen molar-refractivity contribution in [1.29, 1.82) is 0 Å². The molecule has 1 fully saturated rings. The number of carbonyl (C=O) groups excluding carboxylic acids is 2. The normalized spacial score (nSPS) is 18.6. The Labute approximate surface area is 217 Å². The van der Waals surface area contributed by atoms with Crippen LogP contribution in [0.3, 0.4) is 0 Å². The summed E-state index contributed by atoms with van der Waals surface area (Å²) >= 11 is 3.24. The zero-order chi connectivity index (χ0) is 25.4. The highest BCUT2D eigenvalue weighted by Gasteiger charge is 2.35. The first-order valence-corrected chi connectivity index (χ1v) is 13.0. The molecule has 2 bridgehead atoms. The predicted molar refractivity (Wildman–Crippen MR) is 142 cm³/mol. The first-order valence-electron chi connectivity index (χ1n) is 12.2. The molecule has 188 valence electrons. The lowest BCUT2D eigenvalue weighted by molar-refractivity contribution is 0.0947. The van der Waals surface area contributed by atoms with Crippen molar-refractivity contribution < 1.29 is 14.0 Å². The van der Waals surface area contributed by atoms with Gasteiger partial charge in [-0.15, -0.1) is 0 Å². The van der Waals surface area contributed by atoms with E-state index in [4.69, 9.17) is 4.42 Å². The fourth-order valence-electron chi connectivity index (χ4n) is 5.17. The molecule has 2 atom stereocenters. The van der Waals surface area contributed by atoms with Crippen LogP contribution in [-0.4, -0.2) is 36.0 Å². The quantitative estimate of drug-likeness (QED) is 0.470. The van der Waals surface area contributed by atoms with Crippen molar-refractivity contribution in [2.24, 2.45) is 11.8 Å². The number of benzene rings is 1. The first kappa shape index (κ1) is 24.4. The molecule has 2 N–H and O–H groups in total. The summed E-state index contributed by atoms with van der Waals surface area (Å²) in [5, 5.41) is 5.90. The Morgan fingerprint density at radius 2 is 1.92 bits per heavy atom. The fraction of sp³-hybridized carbons (Fsp3) is 0.370. The van der Waals surface area contributed by atoms with Crippen molar-refractivity contribution in [3.63, 3.8) is 0 Å². The average molecular weight is 553 g/mol. The van der Waals surface area contributed by atoms with Crippen molar-refractivity contribution >= 4 is 39.1 Å². The van der Waals surface area contributed by atoms with Crippen molar-refractivity contribution in [3.05, 3.63) is 80.6 Å². The van der Waals surface area contributed by atoms with Crippen LogP contribution in [0.25, 0.3) is 0 Å². The van der Waals surface area contributed by atoms with Crippen LogP contribution < -0.4 is 21.1 Å². The third-order valence-corrected chi connectivity index (χ3v) is 7.22. The largest absolute Gasteiger partial charge is 0.444 e. The highest BCUT2D eigenvalue weighted by molar-refractivity contribution is 9.10. The maximum absolute atomic E-state index is 13.0. The molecule has 0 aliphatic carbocycles. The lowest BCUT2D eigenvalue weighted by Gasteiger charge is -2.44. The lowest BCUT2D eigenvalue weighted by atomic mass is 9.83. The SMILES string of the molecule is CC(C)CNC(=O)c1ccc(N2C[C@H]3C[C@@H](C2)c2cccc(=O)n2C3)c(NC(=O)c2ccc(Br)o2)c1. The van der Waals surface area contributed by atoms with E-state index >= 15 is 0 Å². The minimum absolute atomic E-state index is 0.0463. The highest BCUT2D eigenvalue weighted by Crippen LogP contribution is 2.39. The molecule has 3 aromatic rings. The standard InChI is InChI=1S/C27H29BrN4O4/c1-16(2)12-29-26(34)18-6-7-22(20(11-18)30-27(35)23-8-9-24(28)36-23)31-13-17-10-19(15-31)21-4-3-5-25(33)32(21)14-17/h3-9,11,16-17,19H,10,12-15H2,1-2H3,(H,29,34)(H,30,35)/t17-,19+/m1/s1. The number of hydrogen-bond acceptors (Lipinski definition) is 5. The number of fused-ring (bicyclic) bond motifs is 4. The van der Waals surface area contributed by atoms with Gasteiger partial charge in [0.15, 0.2) is 10.4 Å². The Hall–Kier alpha value is -3.33. The number of furan rings is 1. The van der Waals surface area contributed by atoms with Gasteiger partial charge in [-0.2, -0.15) is 0 Å². The van der Waals surface area contributed by atoms with Gasteiger partial charge in [-0.1, -0.05) is 19.9 Å². The van der Waals surface area contributed by atoms with E-state index in [1.165, 1.54) is 0 Å². The molecule has 36 heavy (non-hydrogen) atoms. The molecule has 2 amide bonds. The number of carbonyl (C=O) groups is 2. The number of amides is 2. The minimum atomic E-state index is -0.393. The van der Waals surface area contributed by atoms with E-state index in [1.54, 1.807) is 30.3 Å². The number of anilines is 2. The molecule has 0 saturated carbocycles. The fourth-order valence-corrected chi connectivity index (χ4v) is 5.47. The molecule has 2 aliphatic rings. The zero-order valence-corrected chi connectivity index (χ0v) is 21.9. The van der Waals surface area contributed by atoms with Crippen LogP contribution in [0.15, 0.2) is 62.4 Å². The van der Waals surface area contributed by atoms with Crippen molar-refractivity contribution in [2.45, 2.75) is 32.7 Å². The third-order valence-electron chi connectivity index (χ3n) is 6.80. The van der Waals surface area contributed by atoms with Crippen LogP contribution >= 0.6 is 15.9 Å². The Morgan fingerprint density at radius 3 is 2.67 bits per heavy atom. The van der Waals surface area contributed by atoms with Gasteiger partial charge in [0.25, 0.3) is 17.4 Å². The predicted octanol–water partition coefficient (Wildman–Crippen LogP) is 4.47. The number of halogens is 1. The van der Waals surface area contributed by atoms with Crippen LogP contribution in [0.5, 0.6) is 0 Å². The molecule has 0 radical (unpaired) electrons. The van der Waals surface area contributed by atoms with Gasteiger partial charge in [-0.3, -0.25) is 14.4 Å². The zero-order valence-electron chi connectivity index (χ0n) is 20.3. The number of aromatic nitrogens is 1. The Morgan fingerprint density at radius 1 is 1.08 bits per heavy atom. The molecule has 1 aromatic carbocycles. The number of rotatable bonds is 6. The van der Waals surface area contributed by atoms with Crippen LogP contribution in [0, 0.1) is 11.8 Å². The molecule has 2 aliphatic heterocycles. The Balaban J connectivity index is 1.46. The Kier molecular flexibility index (Phi) is 6.75. The molecule has 8 nitrogen and oxygen atoms in total. The van der Waals surface area contributed by atoms with Gasteiger partial charge in [-0.25, -0.2) is 0 Å². The molecule has 4 heterocycles. The second-order valence-electron chi connectivity index (χ2n) is 10.00. The van der Waals surface area contributed by atoms with Crippen LogP contribution in [0.1, 0.15) is 52.8 Å². The van der Waals surface area contributed by atoms with E-state index in [-0.39, 0.29) is 23.1 Å². The third kappa shape index (κ3) is 4.97. The molecular formula is C27H29BrN4O4. The summed E-state index contributed by atoms with van der Waals surface area (Å²) in [7, 11) is 0. The lowest BCUT2D eigenvalue weighted by Crippen LogP contribution is -2.47. The van der Waals surface area contributed by atoms with Gasteiger partial charge in [-0.05, 0) is 70.6 Å². The van der Waals surface area contributed by atoms with Gasteiger partial charge >= 0.3 is 0 Å². The average Bonchev–Trinajstić information content (AvgIpc) is 3.29. The van der Waals surface area contributed by atoms with Crippen LogP contribution in [0.2, 0.25) is 0 Å². The van der Waals surface area contributed by atoms with Crippen molar-refractivity contribution in [3.8, 4) is 0 Å². The molecule has 1 saturated heterocycles. The van der Waals surface area contributed by atoms with Gasteiger partial charge in [0, 0.05) is 49.4 Å². The maximum Gasteiger partial charge on any atom is 0.291 e. The number of pyridine rings is 1. The number of nitrogens with zero attached hydrogens (tertiary/aromatic N) is 2. The Bertz CT molecular complexity index is 1360. The molecule has 5 rings (SSSR count). The summed E-state index contributed by atoms with van der Waals surface area (Å²) in [6.07, 6.45) is 1.03. The van der Waals surface area contributed by atoms with E-state index in [9.17, 15) is 14.4 Å². The number of nitrogens with one attached hydrogen (secondary N) is 2. The molecule has 0 spiro atoms. The van der Waals surface area contributed by atoms with E-state index in [2.05, 4.69) is 31.5 Å². The second kappa shape index (κ2) is 9.97. The van der Waals surface area contributed by atoms with E-state index in [1.807, 2.05) is 36.6 Å². The first-order chi connectivity index (χ1) is 17.3. The summed E-state index contributed by atoms with van der Waals surface area (Å²) in [6, 6.07) is 14.2. The van der Waals surface area contributed by atoms with Crippen LogP contribution in [0.4, 0.5) is 11.4 Å². The summed E-state index contributed by atoms with van der Waals surface area (Å²) in [4.78, 5) is 40.4. The van der Waals surface area contributed by atoms with E-state index in [0.717, 1.165) is 24.3 Å². The van der Waals surface area contributed by atoms with E-state index < -0.39 is 5.91 Å². The summed E-state index contributed by atoms with van der Waals surface area (Å²) in [5.41, 5.74) is 2.97. The number of piperidine rings is 1. The molecule has 9 heteroatoms. The maximum atomic E-state index is 13.0. The smallest absolute Gasteiger partial charge is 0.291 e. The summed E-state index contributed by atoms with van der Waals surface area (Å²) in [6.45, 7) is 6.79. The van der Waals surface area contributed by atoms with Crippen molar-refractivity contribution in [2.75, 3.05) is 29.9 Å².